The van der Waals surface area contributed by atoms with E-state index in [4.69, 9.17) is 0 Å². The van der Waals surface area contributed by atoms with Gasteiger partial charge >= 0.3 is 0 Å². The van der Waals surface area contributed by atoms with Crippen molar-refractivity contribution < 1.29 is 4.39 Å². The van der Waals surface area contributed by atoms with E-state index in [1.165, 1.54) is 39.2 Å². The summed E-state index contributed by atoms with van der Waals surface area (Å²) in [5, 5.41) is 0. The second kappa shape index (κ2) is 15.9. The highest BCUT2D eigenvalue weighted by molar-refractivity contribution is 9.10. The van der Waals surface area contributed by atoms with Gasteiger partial charge < -0.3 is 0 Å². The Morgan fingerprint density at radius 3 is 1.51 bits per heavy atom. The predicted molar refractivity (Wildman–Crippen MR) is 157 cm³/mol. The Morgan fingerprint density at radius 1 is 0.629 bits per heavy atom. The number of rotatable bonds is 6. The summed E-state index contributed by atoms with van der Waals surface area (Å²) < 4.78 is 14.2. The van der Waals surface area contributed by atoms with Crippen LogP contribution in [-0.4, -0.2) is 0 Å². The molecule has 35 heavy (non-hydrogen) atoms. The summed E-state index contributed by atoms with van der Waals surface area (Å²) in [5.74, 6) is 1.92. The molecule has 0 aliphatic carbocycles. The molecule has 2 heteroatoms. The summed E-state index contributed by atoms with van der Waals surface area (Å²) >= 11 is 3.52. The molecule has 3 rings (SSSR count). The van der Waals surface area contributed by atoms with Crippen molar-refractivity contribution in [1.29, 1.82) is 0 Å². The minimum absolute atomic E-state index is 0.0822. The zero-order chi connectivity index (χ0) is 26.5. The summed E-state index contributed by atoms with van der Waals surface area (Å²) in [6.07, 6.45) is 3.19. The quantitative estimate of drug-likeness (QED) is 0.291. The average Bonchev–Trinajstić information content (AvgIpc) is 2.74. The molecule has 0 aliphatic rings. The summed E-state index contributed by atoms with van der Waals surface area (Å²) in [5.41, 5.74) is 8.05. The molecule has 0 aliphatic heterocycles. The van der Waals surface area contributed by atoms with Crippen LogP contribution in [0.2, 0.25) is 0 Å². The van der Waals surface area contributed by atoms with Crippen molar-refractivity contribution >= 4 is 15.9 Å². The van der Waals surface area contributed by atoms with Crippen LogP contribution in [0.4, 0.5) is 4.39 Å². The minimum Gasteiger partial charge on any atom is -0.207 e. The Labute approximate surface area is 223 Å². The van der Waals surface area contributed by atoms with E-state index < -0.39 is 0 Å². The Kier molecular flexibility index (Phi) is 14.2. The topological polar surface area (TPSA) is 0 Å². The Morgan fingerprint density at radius 2 is 1.06 bits per heavy atom. The summed E-state index contributed by atoms with van der Waals surface area (Å²) in [6, 6.07) is 19.9. The van der Waals surface area contributed by atoms with E-state index in [0.717, 1.165) is 30.2 Å². The lowest BCUT2D eigenvalue weighted by Crippen LogP contribution is -2.00. The first-order valence-corrected chi connectivity index (χ1v) is 13.7. The molecule has 0 bridgehead atoms. The van der Waals surface area contributed by atoms with E-state index in [0.29, 0.717) is 5.92 Å². The first kappa shape index (κ1) is 31.1. The molecule has 0 heterocycles. The number of hydrogen-bond acceptors (Lipinski definition) is 0. The molecule has 3 aromatic rings. The zero-order valence-corrected chi connectivity index (χ0v) is 25.0. The molecular weight excluding hydrogens is 495 g/mol. The lowest BCUT2D eigenvalue weighted by molar-refractivity contribution is 0.574. The first-order valence-electron chi connectivity index (χ1n) is 12.9. The van der Waals surface area contributed by atoms with Crippen LogP contribution in [-0.2, 0) is 19.3 Å². The zero-order valence-electron chi connectivity index (χ0n) is 23.4. The highest BCUT2D eigenvalue weighted by Crippen LogP contribution is 2.20. The maximum Gasteiger partial charge on any atom is 0.126 e. The second-order valence-electron chi connectivity index (χ2n) is 10.9. The van der Waals surface area contributed by atoms with Crippen LogP contribution < -0.4 is 0 Å². The molecule has 0 saturated carbocycles. The molecule has 0 N–H and O–H groups in total. The average molecular weight is 542 g/mol. The van der Waals surface area contributed by atoms with E-state index in [2.05, 4.69) is 109 Å². The first-order chi connectivity index (χ1) is 16.4. The largest absolute Gasteiger partial charge is 0.207 e. The third-order valence-electron chi connectivity index (χ3n) is 5.62. The third-order valence-corrected chi connectivity index (χ3v) is 6.40. The summed E-state index contributed by atoms with van der Waals surface area (Å²) in [6.45, 7) is 19.8. The standard InChI is InChI=1S/C13H20.C10H13Br.C10H13F/c1-9(2)6-13-11(4)7-10(3)8-12(13)5;2*1-8(2)7-9-5-3-4-6-10(9)11/h7-9H,6H2,1-5H3;2*3-6,8H,7H2,1-2H3. The molecule has 0 fully saturated rings. The van der Waals surface area contributed by atoms with Crippen LogP contribution in [0.5, 0.6) is 0 Å². The van der Waals surface area contributed by atoms with Gasteiger partial charge in [0.25, 0.3) is 0 Å². The number of hydrogen-bond donors (Lipinski definition) is 0. The normalized spacial score (nSPS) is 10.7. The van der Waals surface area contributed by atoms with Gasteiger partial charge in [-0.25, -0.2) is 4.39 Å². The van der Waals surface area contributed by atoms with E-state index >= 15 is 0 Å². The molecule has 192 valence electrons. The van der Waals surface area contributed by atoms with Gasteiger partial charge in [0.15, 0.2) is 0 Å². The smallest absolute Gasteiger partial charge is 0.126 e. The number of benzene rings is 3. The molecule has 0 atom stereocenters. The molecule has 0 unspecified atom stereocenters. The Hall–Kier alpha value is -1.93. The Balaban J connectivity index is 0.000000264. The highest BCUT2D eigenvalue weighted by atomic mass is 79.9. The molecule has 0 nitrogen and oxygen atoms in total. The second-order valence-corrected chi connectivity index (χ2v) is 11.7. The van der Waals surface area contributed by atoms with Gasteiger partial charge in [-0.05, 0) is 97.7 Å². The van der Waals surface area contributed by atoms with E-state index in [9.17, 15) is 4.39 Å². The van der Waals surface area contributed by atoms with Crippen molar-refractivity contribution in [3.63, 3.8) is 0 Å². The number of halogens is 2. The van der Waals surface area contributed by atoms with Crippen molar-refractivity contribution in [3.05, 3.63) is 104 Å². The van der Waals surface area contributed by atoms with Gasteiger partial charge in [-0.3, -0.25) is 0 Å². The van der Waals surface area contributed by atoms with Crippen LogP contribution in [0.15, 0.2) is 65.1 Å². The number of aryl methyl sites for hydroxylation is 3. The van der Waals surface area contributed by atoms with Crippen LogP contribution in [0.25, 0.3) is 0 Å². The van der Waals surface area contributed by atoms with Crippen molar-refractivity contribution in [1.82, 2.24) is 0 Å². The SMILES string of the molecule is CC(C)Cc1ccccc1Br.CC(C)Cc1ccccc1F.Cc1cc(C)c(CC(C)C)c(C)c1. The predicted octanol–water partition coefficient (Wildman–Crippen LogP) is 10.5. The van der Waals surface area contributed by atoms with Gasteiger partial charge in [0, 0.05) is 4.47 Å². The lowest BCUT2D eigenvalue weighted by Gasteiger charge is -2.13. The molecule has 0 amide bonds. The van der Waals surface area contributed by atoms with Gasteiger partial charge in [-0.1, -0.05) is 112 Å². The van der Waals surface area contributed by atoms with E-state index in [1.807, 2.05) is 18.2 Å². The molecule has 0 spiro atoms. The minimum atomic E-state index is -0.0822. The maximum atomic E-state index is 12.9. The molecule has 0 saturated heterocycles. The van der Waals surface area contributed by atoms with Crippen LogP contribution >= 0.6 is 15.9 Å². The van der Waals surface area contributed by atoms with Crippen molar-refractivity contribution in [2.24, 2.45) is 17.8 Å². The van der Waals surface area contributed by atoms with Gasteiger partial charge in [0.05, 0.1) is 0 Å². The van der Waals surface area contributed by atoms with Gasteiger partial charge in [0.2, 0.25) is 0 Å². The van der Waals surface area contributed by atoms with Crippen LogP contribution in [0, 0.1) is 44.3 Å². The van der Waals surface area contributed by atoms with Crippen molar-refractivity contribution in [2.75, 3.05) is 0 Å². The van der Waals surface area contributed by atoms with Gasteiger partial charge in [-0.15, -0.1) is 0 Å². The van der Waals surface area contributed by atoms with Crippen LogP contribution in [0.1, 0.15) is 74.9 Å². The van der Waals surface area contributed by atoms with E-state index in [-0.39, 0.29) is 5.82 Å². The summed E-state index contributed by atoms with van der Waals surface area (Å²) in [4.78, 5) is 0. The fourth-order valence-electron chi connectivity index (χ4n) is 4.15. The van der Waals surface area contributed by atoms with Crippen molar-refractivity contribution in [2.45, 2.75) is 81.6 Å². The van der Waals surface area contributed by atoms with Gasteiger partial charge in [-0.2, -0.15) is 0 Å². The Bertz CT molecular complexity index is 943. The monoisotopic (exact) mass is 540 g/mol. The third kappa shape index (κ3) is 12.5. The summed E-state index contributed by atoms with van der Waals surface area (Å²) in [7, 11) is 0. The molecule has 0 radical (unpaired) electrons. The lowest BCUT2D eigenvalue weighted by atomic mass is 9.93. The van der Waals surface area contributed by atoms with Crippen molar-refractivity contribution in [3.8, 4) is 0 Å². The highest BCUT2D eigenvalue weighted by Gasteiger charge is 2.05. The molecule has 0 aromatic heterocycles. The van der Waals surface area contributed by atoms with E-state index in [1.54, 1.807) is 11.6 Å². The maximum absolute atomic E-state index is 12.9. The fraction of sp³-hybridized carbons (Fsp3) is 0.455. The molecular formula is C33H46BrF. The van der Waals surface area contributed by atoms with Crippen LogP contribution in [0.3, 0.4) is 0 Å². The fourth-order valence-corrected chi connectivity index (χ4v) is 4.59. The molecule has 3 aromatic carbocycles. The van der Waals surface area contributed by atoms with Gasteiger partial charge in [0.1, 0.15) is 5.82 Å².